The molecule has 0 atom stereocenters. The molecule has 0 aromatic carbocycles. The normalized spacial score (nSPS) is 15.1. The smallest absolute Gasteiger partial charge is 0.236 e. The Balaban J connectivity index is 2.42. The summed E-state index contributed by atoms with van der Waals surface area (Å²) in [6, 6.07) is 3.74. The maximum absolute atomic E-state index is 8.63. The van der Waals surface area contributed by atoms with Crippen LogP contribution in [0, 0.1) is 11.3 Å². The van der Waals surface area contributed by atoms with Gasteiger partial charge in [-0.2, -0.15) is 5.26 Å². The van der Waals surface area contributed by atoms with E-state index in [1.165, 1.54) is 0 Å². The first-order valence-electron chi connectivity index (χ1n) is 4.17. The second kappa shape index (κ2) is 3.02. The lowest BCUT2D eigenvalue weighted by molar-refractivity contribution is 0.386. The molecular formula is C9H9N3O. The molecule has 0 amide bonds. The van der Waals surface area contributed by atoms with Crippen molar-refractivity contribution in [2.24, 2.45) is 0 Å². The first-order chi connectivity index (χ1) is 6.35. The summed E-state index contributed by atoms with van der Waals surface area (Å²) < 4.78 is 5.06. The average Bonchev–Trinajstić information content (AvgIpc) is 3.00. The van der Waals surface area contributed by atoms with Crippen LogP contribution in [-0.4, -0.2) is 17.3 Å². The van der Waals surface area contributed by atoms with Crippen LogP contribution in [0.25, 0.3) is 0 Å². The predicted molar refractivity (Wildman–Crippen MR) is 45.3 cm³/mol. The Bertz CT molecular complexity index is 366. The molecule has 0 N–H and O–H groups in total. The largest absolute Gasteiger partial charge is 0.480 e. The summed E-state index contributed by atoms with van der Waals surface area (Å²) >= 11 is 0. The Labute approximate surface area is 76.2 Å². The highest BCUT2D eigenvalue weighted by molar-refractivity contribution is 5.36. The second-order valence-corrected chi connectivity index (χ2v) is 3.08. The number of nitriles is 1. The van der Waals surface area contributed by atoms with E-state index in [0.717, 1.165) is 18.4 Å². The van der Waals surface area contributed by atoms with Crippen molar-refractivity contribution in [1.82, 2.24) is 10.2 Å². The summed E-state index contributed by atoms with van der Waals surface area (Å²) in [5.74, 6) is 1.08. The molecule has 0 radical (unpaired) electrons. The number of methoxy groups -OCH3 is 1. The monoisotopic (exact) mass is 175 g/mol. The molecule has 0 bridgehead atoms. The zero-order chi connectivity index (χ0) is 9.26. The fourth-order valence-electron chi connectivity index (χ4n) is 1.30. The first-order valence-corrected chi connectivity index (χ1v) is 4.17. The van der Waals surface area contributed by atoms with Crippen LogP contribution < -0.4 is 4.74 Å². The van der Waals surface area contributed by atoms with E-state index in [-0.39, 0.29) is 0 Å². The molecular weight excluding hydrogens is 166 g/mol. The van der Waals surface area contributed by atoms with Crippen molar-refractivity contribution in [1.29, 1.82) is 5.26 Å². The third-order valence-corrected chi connectivity index (χ3v) is 2.11. The Morgan fingerprint density at radius 3 is 2.85 bits per heavy atom. The number of rotatable bonds is 2. The molecule has 13 heavy (non-hydrogen) atoms. The molecule has 1 fully saturated rings. The minimum atomic E-state index is 0.364. The van der Waals surface area contributed by atoms with Gasteiger partial charge in [-0.15, -0.1) is 10.2 Å². The van der Waals surface area contributed by atoms with Gasteiger partial charge in [0.2, 0.25) is 5.88 Å². The fraction of sp³-hybridized carbons (Fsp3) is 0.444. The van der Waals surface area contributed by atoms with Gasteiger partial charge in [-0.25, -0.2) is 0 Å². The molecule has 0 saturated heterocycles. The minimum absolute atomic E-state index is 0.364. The average molecular weight is 175 g/mol. The van der Waals surface area contributed by atoms with E-state index in [9.17, 15) is 0 Å². The Kier molecular flexibility index (Phi) is 1.85. The molecule has 2 rings (SSSR count). The van der Waals surface area contributed by atoms with Gasteiger partial charge in [-0.3, -0.25) is 0 Å². The summed E-state index contributed by atoms with van der Waals surface area (Å²) in [4.78, 5) is 0. The highest BCUT2D eigenvalue weighted by Crippen LogP contribution is 2.43. The van der Waals surface area contributed by atoms with Crippen LogP contribution in [0.2, 0.25) is 0 Å². The lowest BCUT2D eigenvalue weighted by Gasteiger charge is -2.03. The van der Waals surface area contributed by atoms with Crippen LogP contribution in [-0.2, 0) is 0 Å². The highest BCUT2D eigenvalue weighted by Gasteiger charge is 2.28. The van der Waals surface area contributed by atoms with Crippen molar-refractivity contribution in [3.8, 4) is 11.9 Å². The first kappa shape index (κ1) is 7.99. The van der Waals surface area contributed by atoms with Crippen LogP contribution in [0.15, 0.2) is 6.07 Å². The van der Waals surface area contributed by atoms with Gasteiger partial charge in [-0.1, -0.05) is 0 Å². The van der Waals surface area contributed by atoms with Gasteiger partial charge < -0.3 is 4.74 Å². The number of hydrogen-bond acceptors (Lipinski definition) is 4. The summed E-state index contributed by atoms with van der Waals surface area (Å²) in [7, 11) is 1.57. The maximum Gasteiger partial charge on any atom is 0.236 e. The Hall–Kier alpha value is -1.63. The molecule has 66 valence electrons. The summed E-state index contributed by atoms with van der Waals surface area (Å²) in [6.07, 6.45) is 2.32. The molecule has 0 aliphatic heterocycles. The van der Waals surface area contributed by atoms with E-state index >= 15 is 0 Å². The third-order valence-electron chi connectivity index (χ3n) is 2.11. The summed E-state index contributed by atoms with van der Waals surface area (Å²) in [5, 5.41) is 16.2. The lowest BCUT2D eigenvalue weighted by Crippen LogP contribution is -1.98. The zero-order valence-electron chi connectivity index (χ0n) is 7.32. The fourth-order valence-corrected chi connectivity index (χ4v) is 1.30. The highest BCUT2D eigenvalue weighted by atomic mass is 16.5. The van der Waals surface area contributed by atoms with Gasteiger partial charge in [0, 0.05) is 5.56 Å². The Morgan fingerprint density at radius 1 is 1.54 bits per heavy atom. The molecule has 1 aliphatic carbocycles. The van der Waals surface area contributed by atoms with E-state index in [4.69, 9.17) is 10.00 Å². The van der Waals surface area contributed by atoms with Crippen molar-refractivity contribution in [2.45, 2.75) is 18.8 Å². The molecule has 4 nitrogen and oxygen atoms in total. The number of aromatic nitrogens is 2. The Morgan fingerprint density at radius 2 is 2.31 bits per heavy atom. The molecule has 1 aromatic rings. The second-order valence-electron chi connectivity index (χ2n) is 3.08. The van der Waals surface area contributed by atoms with E-state index < -0.39 is 0 Å². The molecule has 4 heteroatoms. The van der Waals surface area contributed by atoms with E-state index in [1.807, 2.05) is 6.07 Å². The van der Waals surface area contributed by atoms with Gasteiger partial charge >= 0.3 is 0 Å². The number of hydrogen-bond donors (Lipinski definition) is 0. The van der Waals surface area contributed by atoms with Crippen LogP contribution in [0.1, 0.15) is 30.0 Å². The lowest BCUT2D eigenvalue weighted by atomic mass is 10.2. The van der Waals surface area contributed by atoms with Gasteiger partial charge in [0.25, 0.3) is 0 Å². The van der Waals surface area contributed by atoms with Gasteiger partial charge in [0.1, 0.15) is 6.07 Å². The van der Waals surface area contributed by atoms with Crippen molar-refractivity contribution in [3.05, 3.63) is 17.3 Å². The standard InChI is InChI=1S/C9H9N3O/c1-13-9-8(6-2-3-6)4-7(5-10)11-12-9/h4,6H,2-3H2,1H3. The van der Waals surface area contributed by atoms with E-state index in [0.29, 0.717) is 17.5 Å². The van der Waals surface area contributed by atoms with Crippen molar-refractivity contribution in [2.75, 3.05) is 7.11 Å². The van der Waals surface area contributed by atoms with Crippen LogP contribution in [0.4, 0.5) is 0 Å². The van der Waals surface area contributed by atoms with Crippen molar-refractivity contribution in [3.63, 3.8) is 0 Å². The van der Waals surface area contributed by atoms with Crippen molar-refractivity contribution >= 4 is 0 Å². The molecule has 1 aromatic heterocycles. The van der Waals surface area contributed by atoms with E-state index in [2.05, 4.69) is 10.2 Å². The number of nitrogens with zero attached hydrogens (tertiary/aromatic N) is 3. The summed E-state index contributed by atoms with van der Waals surface area (Å²) in [6.45, 7) is 0. The molecule has 1 heterocycles. The van der Waals surface area contributed by atoms with E-state index in [1.54, 1.807) is 13.2 Å². The SMILES string of the molecule is COc1nnc(C#N)cc1C1CC1. The topological polar surface area (TPSA) is 58.8 Å². The predicted octanol–water partition coefficient (Wildman–Crippen LogP) is 1.23. The molecule has 1 aliphatic rings. The maximum atomic E-state index is 8.63. The summed E-state index contributed by atoms with van der Waals surface area (Å²) in [5.41, 5.74) is 1.39. The molecule has 0 unspecified atom stereocenters. The van der Waals surface area contributed by atoms with Gasteiger partial charge in [0.15, 0.2) is 5.69 Å². The van der Waals surface area contributed by atoms with Gasteiger partial charge in [0.05, 0.1) is 7.11 Å². The molecule has 1 saturated carbocycles. The van der Waals surface area contributed by atoms with Gasteiger partial charge in [-0.05, 0) is 24.8 Å². The quantitative estimate of drug-likeness (QED) is 0.678. The molecule has 0 spiro atoms. The zero-order valence-corrected chi connectivity index (χ0v) is 7.32. The minimum Gasteiger partial charge on any atom is -0.480 e. The van der Waals surface area contributed by atoms with Crippen molar-refractivity contribution < 1.29 is 4.74 Å². The van der Waals surface area contributed by atoms with Crippen LogP contribution in [0.3, 0.4) is 0 Å². The van der Waals surface area contributed by atoms with Crippen LogP contribution >= 0.6 is 0 Å². The third kappa shape index (κ3) is 1.45. The van der Waals surface area contributed by atoms with Crippen LogP contribution in [0.5, 0.6) is 5.88 Å². The number of ether oxygens (including phenoxy) is 1.